The molecule has 5 aromatic rings. The predicted molar refractivity (Wildman–Crippen MR) is 138 cm³/mol. The third-order valence-electron chi connectivity index (χ3n) is 5.70. The third kappa shape index (κ3) is 3.92. The summed E-state index contributed by atoms with van der Waals surface area (Å²) in [4.78, 5) is 30.9. The number of benzene rings is 3. The number of aryl methyl sites for hydroxylation is 3. The number of thiazole rings is 1. The molecule has 5 rings (SSSR count). The van der Waals surface area contributed by atoms with Crippen molar-refractivity contribution < 1.29 is 9.21 Å². The summed E-state index contributed by atoms with van der Waals surface area (Å²) < 4.78 is 8.68. The van der Waals surface area contributed by atoms with Crippen LogP contribution in [-0.4, -0.2) is 22.5 Å². The van der Waals surface area contributed by atoms with E-state index < -0.39 is 11.5 Å². The van der Waals surface area contributed by atoms with Crippen LogP contribution in [0.3, 0.4) is 0 Å². The Morgan fingerprint density at radius 3 is 2.73 bits per heavy atom. The molecule has 5 nitrogen and oxygen atoms in total. The van der Waals surface area contributed by atoms with Gasteiger partial charge in [0.25, 0.3) is 5.91 Å². The molecule has 0 aliphatic carbocycles. The number of nitrogens with zero attached hydrogens (tertiary/aromatic N) is 2. The van der Waals surface area contributed by atoms with Crippen molar-refractivity contribution in [2.45, 2.75) is 20.4 Å². The zero-order valence-electron chi connectivity index (χ0n) is 18.5. The van der Waals surface area contributed by atoms with Crippen LogP contribution >= 0.6 is 23.1 Å². The van der Waals surface area contributed by atoms with Crippen LogP contribution in [0.25, 0.3) is 32.0 Å². The highest BCUT2D eigenvalue weighted by Gasteiger charge is 2.16. The van der Waals surface area contributed by atoms with Crippen molar-refractivity contribution in [3.05, 3.63) is 86.5 Å². The molecule has 0 saturated carbocycles. The summed E-state index contributed by atoms with van der Waals surface area (Å²) in [6.45, 7) is 4.86. The lowest BCUT2D eigenvalue weighted by Gasteiger charge is -2.06. The van der Waals surface area contributed by atoms with Gasteiger partial charge in [0.1, 0.15) is 11.1 Å². The lowest BCUT2D eigenvalue weighted by Crippen LogP contribution is -2.20. The molecule has 0 atom stereocenters. The Labute approximate surface area is 198 Å². The molecule has 0 radical (unpaired) electrons. The molecular weight excluding hydrogens is 452 g/mol. The van der Waals surface area contributed by atoms with Crippen LogP contribution in [0.5, 0.6) is 0 Å². The summed E-state index contributed by atoms with van der Waals surface area (Å²) in [6.07, 6.45) is 2.05. The fraction of sp³-hybridized carbons (Fsp3) is 0.192. The Kier molecular flexibility index (Phi) is 5.68. The molecule has 0 bridgehead atoms. The van der Waals surface area contributed by atoms with Crippen LogP contribution in [0.15, 0.2) is 68.8 Å². The highest BCUT2D eigenvalue weighted by molar-refractivity contribution is 7.98. The average Bonchev–Trinajstić information content (AvgIpc) is 3.14. The van der Waals surface area contributed by atoms with Crippen LogP contribution < -0.4 is 10.4 Å². The van der Waals surface area contributed by atoms with E-state index in [0.717, 1.165) is 49.8 Å². The van der Waals surface area contributed by atoms with E-state index in [9.17, 15) is 9.59 Å². The predicted octanol–water partition coefficient (Wildman–Crippen LogP) is 5.68. The minimum absolute atomic E-state index is 0.0550. The molecule has 166 valence electrons. The Morgan fingerprint density at radius 2 is 1.91 bits per heavy atom. The molecule has 0 saturated heterocycles. The first-order chi connectivity index (χ1) is 16.0. The molecule has 3 aromatic carbocycles. The second kappa shape index (κ2) is 8.65. The fourth-order valence-electron chi connectivity index (χ4n) is 4.16. The van der Waals surface area contributed by atoms with Gasteiger partial charge in [0.2, 0.25) is 0 Å². The average molecular weight is 475 g/mol. The zero-order valence-corrected chi connectivity index (χ0v) is 20.2. The van der Waals surface area contributed by atoms with Crippen molar-refractivity contribution >= 4 is 61.0 Å². The number of hydrogen-bond donors (Lipinski definition) is 0. The van der Waals surface area contributed by atoms with Crippen LogP contribution in [-0.2, 0) is 6.54 Å². The maximum Gasteiger partial charge on any atom is 0.349 e. The molecule has 33 heavy (non-hydrogen) atoms. The lowest BCUT2D eigenvalue weighted by atomic mass is 10.0. The smallest absolute Gasteiger partial charge is 0.349 e. The van der Waals surface area contributed by atoms with Crippen LogP contribution in [0.2, 0.25) is 0 Å². The standard InChI is InChI=1S/C26H22N2O3S2/c1-15-12-16(2)23-21(13-15)28(10-11-32-3)26(33-23)27-24(29)20-14-19-18-7-5-4-6-17(18)8-9-22(19)31-25(20)30/h4-9,12-14H,10-11H2,1-3H3. The molecule has 0 aliphatic rings. The highest BCUT2D eigenvalue weighted by atomic mass is 32.2. The number of amides is 1. The Bertz CT molecular complexity index is 1670. The van der Waals surface area contributed by atoms with Crippen LogP contribution in [0.1, 0.15) is 21.5 Å². The van der Waals surface area contributed by atoms with E-state index in [-0.39, 0.29) is 5.56 Å². The summed E-state index contributed by atoms with van der Waals surface area (Å²) in [5.74, 6) is 0.307. The van der Waals surface area contributed by atoms with Crippen LogP contribution in [0, 0.1) is 13.8 Å². The maximum atomic E-state index is 13.2. The van der Waals surface area contributed by atoms with Crippen molar-refractivity contribution in [1.29, 1.82) is 0 Å². The largest absolute Gasteiger partial charge is 0.422 e. The van der Waals surface area contributed by atoms with Gasteiger partial charge in [-0.1, -0.05) is 47.7 Å². The first-order valence-corrected chi connectivity index (χ1v) is 12.8. The van der Waals surface area contributed by atoms with E-state index in [4.69, 9.17) is 4.42 Å². The fourth-order valence-corrected chi connectivity index (χ4v) is 5.63. The topological polar surface area (TPSA) is 64.6 Å². The lowest BCUT2D eigenvalue weighted by molar-refractivity contribution is 0.0994. The summed E-state index contributed by atoms with van der Waals surface area (Å²) >= 11 is 3.22. The van der Waals surface area contributed by atoms with Crippen molar-refractivity contribution in [3.63, 3.8) is 0 Å². The number of thioether (sulfide) groups is 1. The van der Waals surface area contributed by atoms with Crippen molar-refractivity contribution in [2.75, 3.05) is 12.0 Å². The van der Waals surface area contributed by atoms with Gasteiger partial charge in [-0.25, -0.2) is 4.79 Å². The number of hydrogen-bond acceptors (Lipinski definition) is 5. The number of rotatable bonds is 4. The van der Waals surface area contributed by atoms with E-state index in [1.54, 1.807) is 23.9 Å². The quantitative estimate of drug-likeness (QED) is 0.248. The number of aromatic nitrogens is 1. The Hall–Kier alpha value is -3.16. The summed E-state index contributed by atoms with van der Waals surface area (Å²) in [6, 6.07) is 17.4. The van der Waals surface area contributed by atoms with Gasteiger partial charge in [-0.2, -0.15) is 16.8 Å². The van der Waals surface area contributed by atoms with Crippen molar-refractivity contribution in [1.82, 2.24) is 4.57 Å². The van der Waals surface area contributed by atoms with E-state index in [0.29, 0.717) is 10.4 Å². The molecule has 0 spiro atoms. The normalized spacial score (nSPS) is 12.3. The first-order valence-electron chi connectivity index (χ1n) is 10.6. The second-order valence-corrected chi connectivity index (χ2v) is 9.99. The van der Waals surface area contributed by atoms with Gasteiger partial charge < -0.3 is 8.98 Å². The molecule has 2 heterocycles. The van der Waals surface area contributed by atoms with Crippen molar-refractivity contribution in [2.24, 2.45) is 4.99 Å². The maximum absolute atomic E-state index is 13.2. The molecule has 0 N–H and O–H groups in total. The minimum Gasteiger partial charge on any atom is -0.422 e. The van der Waals surface area contributed by atoms with Gasteiger partial charge in [-0.3, -0.25) is 4.79 Å². The third-order valence-corrected chi connectivity index (χ3v) is 7.52. The van der Waals surface area contributed by atoms with Gasteiger partial charge in [0.05, 0.1) is 10.2 Å². The van der Waals surface area contributed by atoms with E-state index >= 15 is 0 Å². The van der Waals surface area contributed by atoms with Gasteiger partial charge in [-0.05, 0) is 60.2 Å². The summed E-state index contributed by atoms with van der Waals surface area (Å²) in [5, 5.41) is 2.67. The monoisotopic (exact) mass is 474 g/mol. The van der Waals surface area contributed by atoms with E-state index in [2.05, 4.69) is 41.8 Å². The molecule has 2 aromatic heterocycles. The Balaban J connectivity index is 1.71. The SMILES string of the molecule is CSCCn1c(=NC(=O)c2cc3c(ccc4ccccc43)oc2=O)sc2c(C)cc(C)cc21. The highest BCUT2D eigenvalue weighted by Crippen LogP contribution is 2.26. The number of fused-ring (bicyclic) bond motifs is 4. The minimum atomic E-state index is -0.671. The Morgan fingerprint density at radius 1 is 1.09 bits per heavy atom. The summed E-state index contributed by atoms with van der Waals surface area (Å²) in [5.41, 5.74) is 3.11. The van der Waals surface area contributed by atoms with Gasteiger partial charge in [0.15, 0.2) is 4.80 Å². The van der Waals surface area contributed by atoms with Gasteiger partial charge in [-0.15, -0.1) is 0 Å². The molecule has 0 unspecified atom stereocenters. The van der Waals surface area contributed by atoms with Gasteiger partial charge in [0, 0.05) is 17.7 Å². The van der Waals surface area contributed by atoms with E-state index in [1.807, 2.05) is 30.3 Å². The molecule has 0 fully saturated rings. The van der Waals surface area contributed by atoms with E-state index in [1.165, 1.54) is 11.3 Å². The number of carbonyl (C=O) groups is 1. The number of carbonyl (C=O) groups excluding carboxylic acids is 1. The van der Waals surface area contributed by atoms with Crippen LogP contribution in [0.4, 0.5) is 0 Å². The molecule has 1 amide bonds. The molecule has 7 heteroatoms. The summed E-state index contributed by atoms with van der Waals surface area (Å²) in [7, 11) is 0. The zero-order chi connectivity index (χ0) is 23.1. The second-order valence-electron chi connectivity index (χ2n) is 8.02. The first kappa shape index (κ1) is 21.7. The molecule has 0 aliphatic heterocycles. The van der Waals surface area contributed by atoms with Crippen molar-refractivity contribution in [3.8, 4) is 0 Å². The molecular formula is C26H22N2O3S2. The van der Waals surface area contributed by atoms with Gasteiger partial charge >= 0.3 is 5.63 Å².